The summed E-state index contributed by atoms with van der Waals surface area (Å²) in [5.41, 5.74) is 0.627. The number of hydrogen-bond donors (Lipinski definition) is 1. The zero-order valence-electron chi connectivity index (χ0n) is 12.5. The average Bonchev–Trinajstić information content (AvgIpc) is 2.39. The second kappa shape index (κ2) is 7.53. The molecule has 5 heteroatoms. The number of benzene rings is 1. The predicted octanol–water partition coefficient (Wildman–Crippen LogP) is 3.12. The Kier molecular flexibility index (Phi) is 6.03. The van der Waals surface area contributed by atoms with Gasteiger partial charge in [0, 0.05) is 31.8 Å². The van der Waals surface area contributed by atoms with Gasteiger partial charge in [0.15, 0.2) is 0 Å². The summed E-state index contributed by atoms with van der Waals surface area (Å²) in [6.45, 7) is 3.94. The van der Waals surface area contributed by atoms with E-state index in [9.17, 15) is 9.59 Å². The van der Waals surface area contributed by atoms with Crippen LogP contribution < -0.4 is 10.1 Å². The molecule has 0 aromatic heterocycles. The number of nitrogens with one attached hydrogen (secondary N) is 1. The first-order valence-corrected chi connectivity index (χ1v) is 6.74. The highest BCUT2D eigenvalue weighted by Gasteiger charge is 2.12. The van der Waals surface area contributed by atoms with Crippen LogP contribution in [0, 0.1) is 5.92 Å². The number of amides is 2. The van der Waals surface area contributed by atoms with E-state index < -0.39 is 6.09 Å². The Morgan fingerprint density at radius 3 is 2.65 bits per heavy atom. The fourth-order valence-electron chi connectivity index (χ4n) is 1.66. The summed E-state index contributed by atoms with van der Waals surface area (Å²) in [5, 5.41) is 2.83. The quantitative estimate of drug-likeness (QED) is 0.900. The molecule has 1 rings (SSSR count). The van der Waals surface area contributed by atoms with Crippen LogP contribution in [0.2, 0.25) is 0 Å². The second-order valence-electron chi connectivity index (χ2n) is 4.97. The minimum absolute atomic E-state index is 0.0251. The summed E-state index contributed by atoms with van der Waals surface area (Å²) in [6, 6.07) is 6.81. The molecule has 1 N–H and O–H groups in total. The minimum Gasteiger partial charge on any atom is -0.410 e. The molecule has 0 heterocycles. The highest BCUT2D eigenvalue weighted by atomic mass is 16.6. The maximum atomic E-state index is 11.9. The highest BCUT2D eigenvalue weighted by Crippen LogP contribution is 2.19. The lowest BCUT2D eigenvalue weighted by atomic mass is 10.1. The normalized spacial score (nSPS) is 11.6. The largest absolute Gasteiger partial charge is 0.414 e. The van der Waals surface area contributed by atoms with Gasteiger partial charge < -0.3 is 15.0 Å². The molecule has 110 valence electrons. The molecule has 0 spiro atoms. The SMILES string of the molecule is CCC[C@@H](C)C(=O)Nc1cccc(OC(=O)N(C)C)c1. The molecule has 1 aromatic rings. The van der Waals surface area contributed by atoms with E-state index in [1.807, 2.05) is 13.8 Å². The van der Waals surface area contributed by atoms with Crippen LogP contribution in [0.25, 0.3) is 0 Å². The van der Waals surface area contributed by atoms with E-state index >= 15 is 0 Å². The van der Waals surface area contributed by atoms with E-state index in [0.717, 1.165) is 12.8 Å². The van der Waals surface area contributed by atoms with E-state index in [-0.39, 0.29) is 11.8 Å². The third kappa shape index (κ3) is 4.91. The van der Waals surface area contributed by atoms with Gasteiger partial charge in [0.1, 0.15) is 5.75 Å². The third-order valence-corrected chi connectivity index (χ3v) is 2.84. The lowest BCUT2D eigenvalue weighted by molar-refractivity contribution is -0.119. The van der Waals surface area contributed by atoms with Crippen molar-refractivity contribution in [1.29, 1.82) is 0 Å². The summed E-state index contributed by atoms with van der Waals surface area (Å²) in [5.74, 6) is 0.348. The van der Waals surface area contributed by atoms with Crippen molar-refractivity contribution in [2.45, 2.75) is 26.7 Å². The van der Waals surface area contributed by atoms with E-state index in [0.29, 0.717) is 11.4 Å². The molecule has 1 aromatic carbocycles. The maximum absolute atomic E-state index is 11.9. The lowest BCUT2D eigenvalue weighted by Crippen LogP contribution is -2.25. The molecule has 0 aliphatic carbocycles. The zero-order chi connectivity index (χ0) is 15.1. The van der Waals surface area contributed by atoms with E-state index in [4.69, 9.17) is 4.74 Å². The molecule has 0 bridgehead atoms. The topological polar surface area (TPSA) is 58.6 Å². The predicted molar refractivity (Wildman–Crippen MR) is 78.9 cm³/mol. The first kappa shape index (κ1) is 16.0. The zero-order valence-corrected chi connectivity index (χ0v) is 12.5. The van der Waals surface area contributed by atoms with Crippen LogP contribution >= 0.6 is 0 Å². The van der Waals surface area contributed by atoms with Crippen LogP contribution in [-0.2, 0) is 4.79 Å². The van der Waals surface area contributed by atoms with Crippen molar-refractivity contribution in [3.8, 4) is 5.75 Å². The summed E-state index contributed by atoms with van der Waals surface area (Å²) in [6.07, 6.45) is 1.36. The monoisotopic (exact) mass is 278 g/mol. The second-order valence-corrected chi connectivity index (χ2v) is 4.97. The summed E-state index contributed by atoms with van der Waals surface area (Å²) >= 11 is 0. The number of ether oxygens (including phenoxy) is 1. The van der Waals surface area contributed by atoms with Crippen molar-refractivity contribution < 1.29 is 14.3 Å². The molecule has 0 unspecified atom stereocenters. The maximum Gasteiger partial charge on any atom is 0.414 e. The van der Waals surface area contributed by atoms with Crippen LogP contribution in [0.15, 0.2) is 24.3 Å². The average molecular weight is 278 g/mol. The first-order chi connectivity index (χ1) is 9.43. The standard InChI is InChI=1S/C15H22N2O3/c1-5-7-11(2)14(18)16-12-8-6-9-13(10-12)20-15(19)17(3)4/h6,8-11H,5,7H2,1-4H3,(H,16,18)/t11-/m1/s1. The molecule has 0 aliphatic rings. The number of anilines is 1. The van der Waals surface area contributed by atoms with Gasteiger partial charge in [-0.2, -0.15) is 0 Å². The van der Waals surface area contributed by atoms with Crippen LogP contribution in [-0.4, -0.2) is 31.0 Å². The molecule has 2 amide bonds. The van der Waals surface area contributed by atoms with Gasteiger partial charge in [0.05, 0.1) is 0 Å². The fourth-order valence-corrected chi connectivity index (χ4v) is 1.66. The van der Waals surface area contributed by atoms with Gasteiger partial charge in [-0.05, 0) is 18.6 Å². The van der Waals surface area contributed by atoms with Crippen molar-refractivity contribution in [3.05, 3.63) is 24.3 Å². The Morgan fingerprint density at radius 2 is 2.05 bits per heavy atom. The number of carbonyl (C=O) groups is 2. The molecule has 20 heavy (non-hydrogen) atoms. The van der Waals surface area contributed by atoms with Crippen LogP contribution in [0.1, 0.15) is 26.7 Å². The molecule has 0 saturated carbocycles. The Balaban J connectivity index is 2.68. The van der Waals surface area contributed by atoms with Crippen LogP contribution in [0.4, 0.5) is 10.5 Å². The minimum atomic E-state index is -0.451. The van der Waals surface area contributed by atoms with E-state index in [1.54, 1.807) is 38.4 Å². The van der Waals surface area contributed by atoms with E-state index in [2.05, 4.69) is 5.32 Å². The molecule has 0 fully saturated rings. The van der Waals surface area contributed by atoms with E-state index in [1.165, 1.54) is 4.90 Å². The third-order valence-electron chi connectivity index (χ3n) is 2.84. The highest BCUT2D eigenvalue weighted by molar-refractivity contribution is 5.92. The fraction of sp³-hybridized carbons (Fsp3) is 0.467. The molecular weight excluding hydrogens is 256 g/mol. The van der Waals surface area contributed by atoms with Crippen molar-refractivity contribution in [3.63, 3.8) is 0 Å². The smallest absolute Gasteiger partial charge is 0.410 e. The van der Waals surface area contributed by atoms with Gasteiger partial charge in [-0.25, -0.2) is 4.79 Å². The number of carbonyl (C=O) groups excluding carboxylic acids is 2. The molecule has 1 atom stereocenters. The summed E-state index contributed by atoms with van der Waals surface area (Å²) in [7, 11) is 3.22. The first-order valence-electron chi connectivity index (χ1n) is 6.74. The van der Waals surface area contributed by atoms with Crippen molar-refractivity contribution in [1.82, 2.24) is 4.90 Å². The molecule has 0 saturated heterocycles. The molecular formula is C15H22N2O3. The van der Waals surface area contributed by atoms with Gasteiger partial charge >= 0.3 is 6.09 Å². The van der Waals surface area contributed by atoms with Gasteiger partial charge in [-0.3, -0.25) is 4.79 Å². The Labute approximate surface area is 119 Å². The Morgan fingerprint density at radius 1 is 1.35 bits per heavy atom. The van der Waals surface area contributed by atoms with Gasteiger partial charge in [0.2, 0.25) is 5.91 Å². The molecule has 0 radical (unpaired) electrons. The van der Waals surface area contributed by atoms with Gasteiger partial charge in [-0.15, -0.1) is 0 Å². The van der Waals surface area contributed by atoms with Gasteiger partial charge in [-0.1, -0.05) is 26.3 Å². The number of rotatable bonds is 5. The summed E-state index contributed by atoms with van der Waals surface area (Å²) in [4.78, 5) is 24.7. The van der Waals surface area contributed by atoms with Crippen LogP contribution in [0.5, 0.6) is 5.75 Å². The van der Waals surface area contributed by atoms with Crippen molar-refractivity contribution in [2.24, 2.45) is 5.92 Å². The summed E-state index contributed by atoms with van der Waals surface area (Å²) < 4.78 is 5.14. The Bertz CT molecular complexity index is 472. The number of nitrogens with zero attached hydrogens (tertiary/aromatic N) is 1. The lowest BCUT2D eigenvalue weighted by Gasteiger charge is -2.13. The Hall–Kier alpha value is -2.04. The molecule has 0 aliphatic heterocycles. The van der Waals surface area contributed by atoms with Gasteiger partial charge in [0.25, 0.3) is 0 Å². The van der Waals surface area contributed by atoms with Crippen molar-refractivity contribution >= 4 is 17.7 Å². The number of hydrogen-bond acceptors (Lipinski definition) is 3. The molecule has 5 nitrogen and oxygen atoms in total. The van der Waals surface area contributed by atoms with Crippen LogP contribution in [0.3, 0.4) is 0 Å². The van der Waals surface area contributed by atoms with Crippen molar-refractivity contribution in [2.75, 3.05) is 19.4 Å².